The van der Waals surface area contributed by atoms with E-state index in [0.717, 1.165) is 13.0 Å². The van der Waals surface area contributed by atoms with Crippen LogP contribution in [0.4, 0.5) is 0 Å². The van der Waals surface area contributed by atoms with Crippen LogP contribution in [-0.4, -0.2) is 62.1 Å². The van der Waals surface area contributed by atoms with Crippen LogP contribution in [0.15, 0.2) is 0 Å². The zero-order valence-electron chi connectivity index (χ0n) is 9.27. The van der Waals surface area contributed by atoms with Gasteiger partial charge >= 0.3 is 0 Å². The molecule has 1 saturated heterocycles. The van der Waals surface area contributed by atoms with E-state index in [-0.39, 0.29) is 12.5 Å². The number of carbonyl (C=O) groups excluding carboxylic acids is 1. The maximum atomic E-state index is 11.5. The first-order valence-electron chi connectivity index (χ1n) is 5.06. The number of ether oxygens (including phenoxy) is 1. The van der Waals surface area contributed by atoms with Crippen molar-refractivity contribution in [2.45, 2.75) is 12.5 Å². The first-order valence-corrected chi connectivity index (χ1v) is 5.06. The summed E-state index contributed by atoms with van der Waals surface area (Å²) in [5.41, 5.74) is 0. The summed E-state index contributed by atoms with van der Waals surface area (Å²) in [5, 5.41) is 8.85. The van der Waals surface area contributed by atoms with Gasteiger partial charge in [0.15, 0.2) is 0 Å². The van der Waals surface area contributed by atoms with Crippen molar-refractivity contribution in [3.63, 3.8) is 0 Å². The van der Waals surface area contributed by atoms with Crippen molar-refractivity contribution >= 4 is 5.91 Å². The lowest BCUT2D eigenvalue weighted by molar-refractivity contribution is -0.145. The van der Waals surface area contributed by atoms with Crippen molar-refractivity contribution in [3.05, 3.63) is 0 Å². The van der Waals surface area contributed by atoms with E-state index in [1.165, 1.54) is 0 Å². The molecule has 0 saturated carbocycles. The summed E-state index contributed by atoms with van der Waals surface area (Å²) in [6.45, 7) is 2.01. The van der Waals surface area contributed by atoms with E-state index in [1.807, 2.05) is 14.1 Å². The monoisotopic (exact) mass is 211 g/mol. The summed E-state index contributed by atoms with van der Waals surface area (Å²) >= 11 is 0. The number of morpholine rings is 1. The second kappa shape index (κ2) is 5.69. The van der Waals surface area contributed by atoms with Gasteiger partial charge in [-0.1, -0.05) is 0 Å². The minimum Gasteiger partial charge on any atom is -0.368 e. The molecule has 0 aromatic heterocycles. The smallest absolute Gasteiger partial charge is 0.249 e. The number of amides is 1. The Morgan fingerprint density at radius 1 is 1.67 bits per heavy atom. The first-order chi connectivity index (χ1) is 7.15. The van der Waals surface area contributed by atoms with E-state index in [9.17, 15) is 4.79 Å². The molecular weight excluding hydrogens is 194 g/mol. The van der Waals surface area contributed by atoms with Crippen molar-refractivity contribution in [1.82, 2.24) is 9.80 Å². The molecule has 0 aromatic carbocycles. The molecular formula is C10H17N3O2. The highest BCUT2D eigenvalue weighted by atomic mass is 16.5. The molecule has 1 aliphatic rings. The van der Waals surface area contributed by atoms with Crippen molar-refractivity contribution in [1.29, 1.82) is 5.26 Å². The van der Waals surface area contributed by atoms with Gasteiger partial charge in [-0.3, -0.25) is 4.79 Å². The molecule has 1 rings (SSSR count). The molecule has 15 heavy (non-hydrogen) atoms. The summed E-state index contributed by atoms with van der Waals surface area (Å²) in [6, 6.07) is 1.68. The molecule has 0 spiro atoms. The van der Waals surface area contributed by atoms with E-state index in [2.05, 4.69) is 11.0 Å². The van der Waals surface area contributed by atoms with Gasteiger partial charge in [0.05, 0.1) is 12.7 Å². The van der Waals surface area contributed by atoms with Crippen molar-refractivity contribution in [3.8, 4) is 6.07 Å². The third-order valence-corrected chi connectivity index (χ3v) is 2.35. The van der Waals surface area contributed by atoms with E-state index < -0.39 is 6.04 Å². The molecule has 0 N–H and O–H groups in total. The van der Waals surface area contributed by atoms with Crippen LogP contribution in [0.1, 0.15) is 6.42 Å². The van der Waals surface area contributed by atoms with Gasteiger partial charge in [0.1, 0.15) is 12.6 Å². The van der Waals surface area contributed by atoms with Crippen molar-refractivity contribution in [2.75, 3.05) is 40.4 Å². The predicted octanol–water partition coefficient (Wildman–Crippen LogP) is -0.311. The average molecular weight is 211 g/mol. The summed E-state index contributed by atoms with van der Waals surface area (Å²) in [4.78, 5) is 15.2. The Bertz CT molecular complexity index is 260. The maximum absolute atomic E-state index is 11.5. The van der Waals surface area contributed by atoms with Crippen LogP contribution in [-0.2, 0) is 9.53 Å². The minimum atomic E-state index is -0.409. The Labute approximate surface area is 90.2 Å². The first kappa shape index (κ1) is 12.0. The maximum Gasteiger partial charge on any atom is 0.249 e. The molecule has 5 nitrogen and oxygen atoms in total. The van der Waals surface area contributed by atoms with Gasteiger partial charge in [0, 0.05) is 6.54 Å². The lowest BCUT2D eigenvalue weighted by Crippen LogP contribution is -2.49. The van der Waals surface area contributed by atoms with Crippen LogP contribution in [0.2, 0.25) is 0 Å². The lowest BCUT2D eigenvalue weighted by Gasteiger charge is -2.31. The highest BCUT2D eigenvalue weighted by molar-refractivity contribution is 5.78. The third-order valence-electron chi connectivity index (χ3n) is 2.35. The highest BCUT2D eigenvalue weighted by Gasteiger charge is 2.27. The van der Waals surface area contributed by atoms with Gasteiger partial charge in [0.2, 0.25) is 5.91 Å². The zero-order chi connectivity index (χ0) is 11.3. The third kappa shape index (κ3) is 3.50. The summed E-state index contributed by atoms with van der Waals surface area (Å²) in [7, 11) is 3.98. The minimum absolute atomic E-state index is 0.0773. The van der Waals surface area contributed by atoms with Gasteiger partial charge in [-0.05, 0) is 27.1 Å². The average Bonchev–Trinajstić information content (AvgIpc) is 2.20. The summed E-state index contributed by atoms with van der Waals surface area (Å²) in [6.07, 6.45) is 0.886. The molecule has 0 radical (unpaired) electrons. The number of rotatable bonds is 4. The Hall–Kier alpha value is -1.12. The molecule has 0 bridgehead atoms. The molecule has 0 aliphatic carbocycles. The Morgan fingerprint density at radius 3 is 3.00 bits per heavy atom. The molecule has 1 amide bonds. The van der Waals surface area contributed by atoms with Gasteiger partial charge in [0.25, 0.3) is 0 Å². The second-order valence-electron chi connectivity index (χ2n) is 3.90. The number of hydrogen-bond acceptors (Lipinski definition) is 4. The fourth-order valence-corrected chi connectivity index (χ4v) is 1.55. The number of carbonyl (C=O) groups is 1. The molecule has 5 heteroatoms. The van der Waals surface area contributed by atoms with Crippen molar-refractivity contribution in [2.24, 2.45) is 0 Å². The largest absolute Gasteiger partial charge is 0.368 e. The second-order valence-corrected chi connectivity index (χ2v) is 3.90. The van der Waals surface area contributed by atoms with Crippen LogP contribution in [0, 0.1) is 11.3 Å². The van der Waals surface area contributed by atoms with E-state index in [4.69, 9.17) is 10.00 Å². The lowest BCUT2D eigenvalue weighted by atomic mass is 10.2. The molecule has 1 heterocycles. The number of nitriles is 1. The molecule has 1 atom stereocenters. The molecule has 1 aliphatic heterocycles. The van der Waals surface area contributed by atoms with Crippen LogP contribution in [0.25, 0.3) is 0 Å². The van der Waals surface area contributed by atoms with E-state index >= 15 is 0 Å². The van der Waals surface area contributed by atoms with E-state index in [1.54, 1.807) is 4.90 Å². The Kier molecular flexibility index (Phi) is 4.53. The summed E-state index contributed by atoms with van der Waals surface area (Å²) in [5.74, 6) is -0.0773. The van der Waals surface area contributed by atoms with Crippen LogP contribution < -0.4 is 0 Å². The van der Waals surface area contributed by atoms with E-state index in [0.29, 0.717) is 13.2 Å². The van der Waals surface area contributed by atoms with Gasteiger partial charge in [-0.2, -0.15) is 5.26 Å². The summed E-state index contributed by atoms with van der Waals surface area (Å²) < 4.78 is 5.02. The van der Waals surface area contributed by atoms with Crippen LogP contribution in [0.5, 0.6) is 0 Å². The van der Waals surface area contributed by atoms with Crippen LogP contribution >= 0.6 is 0 Å². The quantitative estimate of drug-likeness (QED) is 0.640. The SMILES string of the molecule is CN(C)CCCN1C(=O)COCC1C#N. The molecule has 1 fully saturated rings. The fraction of sp³-hybridized carbons (Fsp3) is 0.800. The standard InChI is InChI=1S/C10H17N3O2/c1-12(2)4-3-5-13-9(6-11)7-15-8-10(13)14/h9H,3-5,7-8H2,1-2H3. The number of nitrogens with zero attached hydrogens (tertiary/aromatic N) is 3. The zero-order valence-corrected chi connectivity index (χ0v) is 9.27. The van der Waals surface area contributed by atoms with Gasteiger partial charge < -0.3 is 14.5 Å². The highest BCUT2D eigenvalue weighted by Crippen LogP contribution is 2.08. The Balaban J connectivity index is 2.41. The van der Waals surface area contributed by atoms with Crippen LogP contribution in [0.3, 0.4) is 0 Å². The normalized spacial score (nSPS) is 21.9. The van der Waals surface area contributed by atoms with Crippen molar-refractivity contribution < 1.29 is 9.53 Å². The molecule has 0 aromatic rings. The Morgan fingerprint density at radius 2 is 2.40 bits per heavy atom. The van der Waals surface area contributed by atoms with Gasteiger partial charge in [-0.25, -0.2) is 0 Å². The fourth-order valence-electron chi connectivity index (χ4n) is 1.55. The molecule has 1 unspecified atom stereocenters. The van der Waals surface area contributed by atoms with Gasteiger partial charge in [-0.15, -0.1) is 0 Å². The molecule has 84 valence electrons. The predicted molar refractivity (Wildman–Crippen MR) is 55.1 cm³/mol. The number of hydrogen-bond donors (Lipinski definition) is 0. The topological polar surface area (TPSA) is 56.6 Å².